The van der Waals surface area contributed by atoms with Crippen LogP contribution in [0.5, 0.6) is 5.75 Å². The first-order valence-corrected chi connectivity index (χ1v) is 8.59. The molecule has 0 saturated carbocycles. The predicted octanol–water partition coefficient (Wildman–Crippen LogP) is 3.87. The Balaban J connectivity index is 2.06. The normalized spacial score (nSPS) is 13.0. The number of nitrogens with zero attached hydrogens (tertiary/aromatic N) is 2. The molecule has 3 aromatic rings. The van der Waals surface area contributed by atoms with Gasteiger partial charge < -0.3 is 4.74 Å². The minimum absolute atomic E-state index is 0.141. The molecule has 0 aliphatic carbocycles. The number of halogens is 4. The smallest absolute Gasteiger partial charge is 0.422 e. The van der Waals surface area contributed by atoms with E-state index in [2.05, 4.69) is 14.6 Å². The number of alkyl halides is 3. The summed E-state index contributed by atoms with van der Waals surface area (Å²) in [6.07, 6.45) is -4.61. The standard InChI is InChI=1S/C16H13F4N3O3S/c1-23-13-7-9(5-6-11(13)15(21-23)22-27(24)25)10-3-2-4-12(17)14(10)26-8-16(18,19)20/h2-7H,8H2,1H3,(H,21,22)(H,24,25). The van der Waals surface area contributed by atoms with E-state index in [1.165, 1.54) is 22.9 Å². The van der Waals surface area contributed by atoms with Crippen LogP contribution in [0.4, 0.5) is 23.4 Å². The van der Waals surface area contributed by atoms with Gasteiger partial charge in [-0.3, -0.25) is 14.0 Å². The number of para-hydroxylation sites is 1. The second kappa shape index (κ2) is 7.16. The van der Waals surface area contributed by atoms with Crippen LogP contribution in [0, 0.1) is 5.82 Å². The van der Waals surface area contributed by atoms with Gasteiger partial charge in [-0.25, -0.2) is 8.60 Å². The molecule has 6 nitrogen and oxygen atoms in total. The molecule has 2 aromatic carbocycles. The first-order chi connectivity index (χ1) is 12.7. The van der Waals surface area contributed by atoms with Crippen LogP contribution in [0.1, 0.15) is 0 Å². The first kappa shape index (κ1) is 19.1. The highest BCUT2D eigenvalue weighted by molar-refractivity contribution is 7.80. The maximum Gasteiger partial charge on any atom is 0.422 e. The molecule has 27 heavy (non-hydrogen) atoms. The number of rotatable bonds is 5. The van der Waals surface area contributed by atoms with Crippen LogP contribution in [0.25, 0.3) is 22.0 Å². The Morgan fingerprint density at radius 1 is 1.30 bits per heavy atom. The molecule has 1 unspecified atom stereocenters. The number of aromatic nitrogens is 2. The number of ether oxygens (including phenoxy) is 1. The Kier molecular flexibility index (Phi) is 5.07. The van der Waals surface area contributed by atoms with Gasteiger partial charge in [-0.2, -0.15) is 18.3 Å². The van der Waals surface area contributed by atoms with Gasteiger partial charge in [0.1, 0.15) is 0 Å². The third-order valence-corrected chi connectivity index (χ3v) is 4.06. The van der Waals surface area contributed by atoms with Crippen molar-refractivity contribution in [2.24, 2.45) is 7.05 Å². The number of fused-ring (bicyclic) bond motifs is 1. The van der Waals surface area contributed by atoms with Gasteiger partial charge in [-0.05, 0) is 23.8 Å². The number of hydrogen-bond acceptors (Lipinski definition) is 3. The lowest BCUT2D eigenvalue weighted by atomic mass is 10.0. The molecule has 0 fully saturated rings. The van der Waals surface area contributed by atoms with Gasteiger partial charge >= 0.3 is 6.18 Å². The fourth-order valence-electron chi connectivity index (χ4n) is 2.62. The van der Waals surface area contributed by atoms with Crippen molar-refractivity contribution in [2.75, 3.05) is 11.3 Å². The van der Waals surface area contributed by atoms with E-state index in [-0.39, 0.29) is 11.4 Å². The Morgan fingerprint density at radius 3 is 2.70 bits per heavy atom. The first-order valence-electron chi connectivity index (χ1n) is 7.48. The molecule has 3 rings (SSSR count). The summed E-state index contributed by atoms with van der Waals surface area (Å²) in [5.74, 6) is -1.27. The van der Waals surface area contributed by atoms with E-state index in [1.54, 1.807) is 19.2 Å². The fourth-order valence-corrected chi connectivity index (χ4v) is 2.94. The maximum atomic E-state index is 14.1. The zero-order chi connectivity index (χ0) is 19.8. The van der Waals surface area contributed by atoms with E-state index in [0.717, 1.165) is 6.07 Å². The van der Waals surface area contributed by atoms with Crippen LogP contribution in [-0.4, -0.2) is 31.3 Å². The van der Waals surface area contributed by atoms with Crippen molar-refractivity contribution < 1.29 is 31.1 Å². The number of anilines is 1. The minimum Gasteiger partial charge on any atom is -0.480 e. The van der Waals surface area contributed by atoms with Gasteiger partial charge in [0.25, 0.3) is 11.3 Å². The van der Waals surface area contributed by atoms with Gasteiger partial charge in [0, 0.05) is 18.0 Å². The zero-order valence-electron chi connectivity index (χ0n) is 13.7. The molecule has 0 aliphatic heterocycles. The molecular formula is C16H13F4N3O3S. The second-order valence-corrected chi connectivity index (χ2v) is 6.28. The quantitative estimate of drug-likeness (QED) is 0.501. The Hall–Kier alpha value is -2.66. The van der Waals surface area contributed by atoms with Gasteiger partial charge in [0.2, 0.25) is 0 Å². The van der Waals surface area contributed by atoms with Crippen LogP contribution in [0.15, 0.2) is 36.4 Å². The Labute approximate surface area is 153 Å². The summed E-state index contributed by atoms with van der Waals surface area (Å²) in [6, 6.07) is 8.48. The van der Waals surface area contributed by atoms with Crippen LogP contribution < -0.4 is 9.46 Å². The summed E-state index contributed by atoms with van der Waals surface area (Å²) >= 11 is -2.32. The molecule has 11 heteroatoms. The molecule has 0 amide bonds. The van der Waals surface area contributed by atoms with Crippen molar-refractivity contribution in [1.29, 1.82) is 0 Å². The van der Waals surface area contributed by atoms with Crippen LogP contribution in [-0.2, 0) is 18.3 Å². The molecule has 0 aliphatic rings. The molecule has 0 radical (unpaired) electrons. The molecule has 1 heterocycles. The van der Waals surface area contributed by atoms with E-state index in [9.17, 15) is 21.8 Å². The summed E-state index contributed by atoms with van der Waals surface area (Å²) in [5.41, 5.74) is 1.06. The molecular weight excluding hydrogens is 390 g/mol. The summed E-state index contributed by atoms with van der Waals surface area (Å²) in [7, 11) is 1.59. The highest BCUT2D eigenvalue weighted by Crippen LogP contribution is 2.36. The molecule has 1 aromatic heterocycles. The number of benzene rings is 2. The molecule has 0 spiro atoms. The molecule has 0 saturated heterocycles. The van der Waals surface area contributed by atoms with Gasteiger partial charge in [0.15, 0.2) is 24.0 Å². The van der Waals surface area contributed by atoms with E-state index in [1.807, 2.05) is 0 Å². The van der Waals surface area contributed by atoms with E-state index < -0.39 is 35.6 Å². The number of hydrogen-bond donors (Lipinski definition) is 2. The van der Waals surface area contributed by atoms with Gasteiger partial charge in [-0.1, -0.05) is 18.2 Å². The van der Waals surface area contributed by atoms with Crippen molar-refractivity contribution in [3.63, 3.8) is 0 Å². The fraction of sp³-hybridized carbons (Fsp3) is 0.188. The number of aryl methyl sites for hydroxylation is 1. The summed E-state index contributed by atoms with van der Waals surface area (Å²) in [4.78, 5) is 0. The highest BCUT2D eigenvalue weighted by Gasteiger charge is 2.29. The maximum absolute atomic E-state index is 14.1. The van der Waals surface area contributed by atoms with Crippen LogP contribution in [0.2, 0.25) is 0 Å². The molecule has 2 N–H and O–H groups in total. The van der Waals surface area contributed by atoms with Gasteiger partial charge in [0.05, 0.1) is 5.52 Å². The summed E-state index contributed by atoms with van der Waals surface area (Å²) in [6.45, 7) is -1.62. The molecule has 144 valence electrons. The Morgan fingerprint density at radius 2 is 2.04 bits per heavy atom. The van der Waals surface area contributed by atoms with Crippen molar-refractivity contribution in [1.82, 2.24) is 9.78 Å². The lowest BCUT2D eigenvalue weighted by Crippen LogP contribution is -2.20. The largest absolute Gasteiger partial charge is 0.480 e. The highest BCUT2D eigenvalue weighted by atomic mass is 32.2. The minimum atomic E-state index is -4.61. The average molecular weight is 403 g/mol. The summed E-state index contributed by atoms with van der Waals surface area (Å²) in [5, 5.41) is 4.58. The van der Waals surface area contributed by atoms with Crippen LogP contribution >= 0.6 is 0 Å². The van der Waals surface area contributed by atoms with Crippen molar-refractivity contribution in [3.8, 4) is 16.9 Å². The van der Waals surface area contributed by atoms with Gasteiger partial charge in [-0.15, -0.1) is 0 Å². The molecule has 1 atom stereocenters. The van der Waals surface area contributed by atoms with E-state index in [4.69, 9.17) is 4.55 Å². The van der Waals surface area contributed by atoms with Crippen molar-refractivity contribution in [2.45, 2.75) is 6.18 Å². The van der Waals surface area contributed by atoms with Crippen molar-refractivity contribution in [3.05, 3.63) is 42.2 Å². The average Bonchev–Trinajstić information content (AvgIpc) is 2.87. The zero-order valence-corrected chi connectivity index (χ0v) is 14.6. The lowest BCUT2D eigenvalue weighted by molar-refractivity contribution is -0.153. The number of nitrogens with one attached hydrogen (secondary N) is 1. The topological polar surface area (TPSA) is 76.4 Å². The summed E-state index contributed by atoms with van der Waals surface area (Å²) < 4.78 is 79.7. The van der Waals surface area contributed by atoms with Crippen molar-refractivity contribution >= 4 is 28.0 Å². The monoisotopic (exact) mass is 403 g/mol. The van der Waals surface area contributed by atoms with E-state index >= 15 is 0 Å². The third kappa shape index (κ3) is 4.19. The van der Waals surface area contributed by atoms with E-state index in [0.29, 0.717) is 16.5 Å². The third-order valence-electron chi connectivity index (χ3n) is 3.69. The predicted molar refractivity (Wildman–Crippen MR) is 92.1 cm³/mol. The van der Waals surface area contributed by atoms with Crippen LogP contribution in [0.3, 0.4) is 0 Å². The second-order valence-electron chi connectivity index (χ2n) is 5.58. The lowest BCUT2D eigenvalue weighted by Gasteiger charge is -2.14. The Bertz CT molecular complexity index is 1020. The molecule has 0 bridgehead atoms. The SMILES string of the molecule is Cn1nc(NS(=O)O)c2ccc(-c3cccc(F)c3OCC(F)(F)F)cc21.